The molecular formula is C11H17BrN2S. The number of halogens is 1. The second-order valence-corrected chi connectivity index (χ2v) is 5.90. The van der Waals surface area contributed by atoms with Gasteiger partial charge < -0.3 is 5.32 Å². The van der Waals surface area contributed by atoms with Gasteiger partial charge in [0, 0.05) is 35.0 Å². The zero-order chi connectivity index (χ0) is 10.7. The Hall–Kier alpha value is 0.100. The van der Waals surface area contributed by atoms with Crippen LogP contribution in [0.25, 0.3) is 0 Å². The topological polar surface area (TPSA) is 15.3 Å². The lowest BCUT2D eigenvalue weighted by atomic mass is 10.2. The number of thiophene rings is 1. The molecule has 1 unspecified atom stereocenters. The van der Waals surface area contributed by atoms with Gasteiger partial charge in [-0.2, -0.15) is 0 Å². The Bertz CT molecular complexity index is 313. The molecule has 0 saturated carbocycles. The van der Waals surface area contributed by atoms with Crippen molar-refractivity contribution in [3.63, 3.8) is 0 Å². The zero-order valence-corrected chi connectivity index (χ0v) is 11.4. The summed E-state index contributed by atoms with van der Waals surface area (Å²) in [4.78, 5) is 4.01. The van der Waals surface area contributed by atoms with Crippen molar-refractivity contribution in [3.05, 3.63) is 20.8 Å². The molecule has 0 spiro atoms. The Morgan fingerprint density at radius 2 is 2.47 bits per heavy atom. The lowest BCUT2D eigenvalue weighted by Crippen LogP contribution is -2.33. The molecule has 1 fully saturated rings. The fraction of sp³-hybridized carbons (Fsp3) is 0.636. The maximum absolute atomic E-state index is 3.60. The third-order valence-corrected chi connectivity index (χ3v) is 4.89. The molecule has 84 valence electrons. The van der Waals surface area contributed by atoms with E-state index in [0.717, 1.165) is 26.2 Å². The van der Waals surface area contributed by atoms with Gasteiger partial charge in [-0.05, 0) is 47.3 Å². The summed E-state index contributed by atoms with van der Waals surface area (Å²) in [5.74, 6) is 0. The van der Waals surface area contributed by atoms with Crippen LogP contribution in [0.3, 0.4) is 0 Å². The van der Waals surface area contributed by atoms with Gasteiger partial charge in [-0.1, -0.05) is 0 Å². The molecule has 15 heavy (non-hydrogen) atoms. The van der Waals surface area contributed by atoms with Gasteiger partial charge in [0.2, 0.25) is 0 Å². The molecule has 0 aliphatic carbocycles. The summed E-state index contributed by atoms with van der Waals surface area (Å²) >= 11 is 5.44. The van der Waals surface area contributed by atoms with Crippen LogP contribution in [0.2, 0.25) is 0 Å². The molecule has 1 aromatic heterocycles. The molecule has 4 heteroatoms. The maximum Gasteiger partial charge on any atom is 0.0342 e. The number of hydrogen-bond donors (Lipinski definition) is 1. The first-order chi connectivity index (χ1) is 7.27. The minimum atomic E-state index is 0.689. The molecule has 1 N–H and O–H groups in total. The Morgan fingerprint density at radius 1 is 1.60 bits per heavy atom. The predicted octanol–water partition coefficient (Wildman–Crippen LogP) is 2.69. The Kier molecular flexibility index (Phi) is 4.20. The Balaban J connectivity index is 2.00. The van der Waals surface area contributed by atoms with Crippen molar-refractivity contribution in [1.29, 1.82) is 0 Å². The number of hydrogen-bond acceptors (Lipinski definition) is 3. The van der Waals surface area contributed by atoms with E-state index in [9.17, 15) is 0 Å². The minimum Gasteiger partial charge on any atom is -0.315 e. The average Bonchev–Trinajstić information content (AvgIpc) is 2.50. The van der Waals surface area contributed by atoms with E-state index in [1.165, 1.54) is 15.8 Å². The van der Waals surface area contributed by atoms with Crippen LogP contribution in [0.5, 0.6) is 0 Å². The van der Waals surface area contributed by atoms with E-state index in [1.54, 1.807) is 0 Å². The molecule has 0 bridgehead atoms. The van der Waals surface area contributed by atoms with Crippen molar-refractivity contribution in [2.45, 2.75) is 25.9 Å². The van der Waals surface area contributed by atoms with E-state index in [1.807, 2.05) is 11.3 Å². The van der Waals surface area contributed by atoms with E-state index in [4.69, 9.17) is 0 Å². The molecule has 1 aliphatic rings. The summed E-state index contributed by atoms with van der Waals surface area (Å²) < 4.78 is 1.26. The minimum absolute atomic E-state index is 0.689. The van der Waals surface area contributed by atoms with Crippen LogP contribution in [0.1, 0.15) is 18.2 Å². The quantitative estimate of drug-likeness (QED) is 0.900. The van der Waals surface area contributed by atoms with Gasteiger partial charge >= 0.3 is 0 Å². The van der Waals surface area contributed by atoms with Gasteiger partial charge in [-0.25, -0.2) is 0 Å². The van der Waals surface area contributed by atoms with Crippen molar-refractivity contribution < 1.29 is 0 Å². The first-order valence-electron chi connectivity index (χ1n) is 5.44. The third-order valence-electron chi connectivity index (χ3n) is 2.98. The average molecular weight is 289 g/mol. The number of nitrogens with one attached hydrogen (secondary N) is 1. The molecule has 2 nitrogen and oxygen atoms in total. The van der Waals surface area contributed by atoms with Crippen molar-refractivity contribution >= 4 is 27.3 Å². The second-order valence-electron chi connectivity index (χ2n) is 4.05. The summed E-state index contributed by atoms with van der Waals surface area (Å²) in [5.41, 5.74) is 0. The van der Waals surface area contributed by atoms with Gasteiger partial charge in [0.15, 0.2) is 0 Å². The van der Waals surface area contributed by atoms with Crippen LogP contribution in [0.15, 0.2) is 15.9 Å². The summed E-state index contributed by atoms with van der Waals surface area (Å²) in [6.07, 6.45) is 1.25. The van der Waals surface area contributed by atoms with Gasteiger partial charge in [0.05, 0.1) is 0 Å². The van der Waals surface area contributed by atoms with E-state index >= 15 is 0 Å². The van der Waals surface area contributed by atoms with Crippen molar-refractivity contribution in [2.75, 3.05) is 19.6 Å². The highest BCUT2D eigenvalue weighted by Gasteiger charge is 2.17. The molecule has 1 aromatic rings. The molecule has 1 atom stereocenters. The Morgan fingerprint density at radius 3 is 3.20 bits per heavy atom. The molecule has 0 aromatic carbocycles. The van der Waals surface area contributed by atoms with Crippen LogP contribution in [-0.2, 0) is 6.54 Å². The molecule has 0 amide bonds. The fourth-order valence-electron chi connectivity index (χ4n) is 1.92. The van der Waals surface area contributed by atoms with Crippen molar-refractivity contribution in [3.8, 4) is 0 Å². The lowest BCUT2D eigenvalue weighted by Gasteiger charge is -2.25. The molecule has 0 radical (unpaired) electrons. The van der Waals surface area contributed by atoms with Crippen LogP contribution in [0, 0.1) is 0 Å². The van der Waals surface area contributed by atoms with Gasteiger partial charge in [0.1, 0.15) is 0 Å². The Labute approximate surface area is 104 Å². The highest BCUT2D eigenvalue weighted by molar-refractivity contribution is 9.10. The van der Waals surface area contributed by atoms with Crippen LogP contribution in [0.4, 0.5) is 0 Å². The van der Waals surface area contributed by atoms with Gasteiger partial charge in [-0.15, -0.1) is 11.3 Å². The van der Waals surface area contributed by atoms with E-state index < -0.39 is 0 Å². The summed E-state index contributed by atoms with van der Waals surface area (Å²) in [5, 5.41) is 5.60. The molecule has 2 rings (SSSR count). The van der Waals surface area contributed by atoms with Crippen molar-refractivity contribution in [1.82, 2.24) is 10.2 Å². The highest BCUT2D eigenvalue weighted by atomic mass is 79.9. The first kappa shape index (κ1) is 11.6. The van der Waals surface area contributed by atoms with Crippen LogP contribution in [-0.4, -0.2) is 30.6 Å². The van der Waals surface area contributed by atoms with Crippen LogP contribution < -0.4 is 5.32 Å². The summed E-state index contributed by atoms with van der Waals surface area (Å²) in [7, 11) is 0. The zero-order valence-electron chi connectivity index (χ0n) is 9.00. The summed E-state index contributed by atoms with van der Waals surface area (Å²) in [6, 6.07) is 2.83. The normalized spacial score (nSPS) is 24.0. The van der Waals surface area contributed by atoms with Gasteiger partial charge in [-0.3, -0.25) is 4.90 Å². The second kappa shape index (κ2) is 5.43. The SMILES string of the molecule is CC1CCNCCN1Cc1sccc1Br. The largest absolute Gasteiger partial charge is 0.315 e. The third kappa shape index (κ3) is 3.03. The number of nitrogens with zero attached hydrogens (tertiary/aromatic N) is 1. The number of rotatable bonds is 2. The lowest BCUT2D eigenvalue weighted by molar-refractivity contribution is 0.213. The highest BCUT2D eigenvalue weighted by Crippen LogP contribution is 2.25. The van der Waals surface area contributed by atoms with E-state index in [2.05, 4.69) is 44.5 Å². The molecule has 2 heterocycles. The maximum atomic E-state index is 3.60. The smallest absolute Gasteiger partial charge is 0.0342 e. The van der Waals surface area contributed by atoms with Crippen molar-refractivity contribution in [2.24, 2.45) is 0 Å². The first-order valence-corrected chi connectivity index (χ1v) is 7.11. The van der Waals surface area contributed by atoms with E-state index in [-0.39, 0.29) is 0 Å². The van der Waals surface area contributed by atoms with Gasteiger partial charge in [0.25, 0.3) is 0 Å². The monoisotopic (exact) mass is 288 g/mol. The van der Waals surface area contributed by atoms with E-state index in [0.29, 0.717) is 6.04 Å². The molecular weight excluding hydrogens is 272 g/mol. The predicted molar refractivity (Wildman–Crippen MR) is 69.4 cm³/mol. The molecule has 1 saturated heterocycles. The fourth-order valence-corrected chi connectivity index (χ4v) is 3.42. The molecule has 1 aliphatic heterocycles. The summed E-state index contributed by atoms with van der Waals surface area (Å²) in [6.45, 7) is 6.84. The van der Waals surface area contributed by atoms with Crippen LogP contribution >= 0.6 is 27.3 Å². The standard InChI is InChI=1S/C11H17BrN2S/c1-9-2-4-13-5-6-14(9)8-11-10(12)3-7-15-11/h3,7,9,13H,2,4-6,8H2,1H3.